The number of tetrazole rings is 1. The molecule has 0 atom stereocenters. The van der Waals surface area contributed by atoms with Crippen LogP contribution in [0.3, 0.4) is 0 Å². The molecule has 2 aromatic heterocycles. The van der Waals surface area contributed by atoms with Crippen LogP contribution in [0.15, 0.2) is 54.7 Å². The van der Waals surface area contributed by atoms with Crippen molar-refractivity contribution in [3.05, 3.63) is 71.7 Å². The zero-order valence-corrected chi connectivity index (χ0v) is 17.2. The second-order valence-electron chi connectivity index (χ2n) is 6.52. The smallest absolute Gasteiger partial charge is 0.180 e. The molecule has 9 heteroatoms. The van der Waals surface area contributed by atoms with Gasteiger partial charge in [-0.05, 0) is 27.1 Å². The monoisotopic (exact) mass is 423 g/mol. The van der Waals surface area contributed by atoms with Gasteiger partial charge >= 0.3 is 0 Å². The van der Waals surface area contributed by atoms with E-state index in [-0.39, 0.29) is 19.0 Å². The van der Waals surface area contributed by atoms with E-state index in [0.29, 0.717) is 23.8 Å². The molecule has 0 aliphatic carbocycles. The number of hydrogen-bond donors (Lipinski definition) is 3. The average molecular weight is 424 g/mol. The minimum absolute atomic E-state index is 0. The zero-order chi connectivity index (χ0) is 20.1. The number of rotatable bonds is 7. The Bertz CT molecular complexity index is 1080. The van der Waals surface area contributed by atoms with Crippen LogP contribution in [0, 0.1) is 0 Å². The molecule has 2 heterocycles. The Labute approximate surface area is 180 Å². The number of aryl methyl sites for hydroxylation is 1. The number of aromatic nitrogens is 6. The molecule has 30 heavy (non-hydrogen) atoms. The topological polar surface area (TPSA) is 113 Å². The lowest BCUT2D eigenvalue weighted by molar-refractivity contribution is 0.281. The summed E-state index contributed by atoms with van der Waals surface area (Å²) in [6, 6.07) is 16.3. The number of aliphatic hydroxyl groups is 1. The normalized spacial score (nSPS) is 10.5. The third-order valence-electron chi connectivity index (χ3n) is 4.65. The van der Waals surface area contributed by atoms with E-state index in [4.69, 9.17) is 0 Å². The molecule has 0 amide bonds. The van der Waals surface area contributed by atoms with E-state index in [1.165, 1.54) is 0 Å². The van der Waals surface area contributed by atoms with Crippen LogP contribution in [0.25, 0.3) is 22.5 Å². The minimum Gasteiger partial charge on any atom is -0.391 e. The summed E-state index contributed by atoms with van der Waals surface area (Å²) in [5.41, 5.74) is 4.87. The van der Waals surface area contributed by atoms with Gasteiger partial charge in [0, 0.05) is 30.3 Å². The van der Waals surface area contributed by atoms with Gasteiger partial charge in [0.2, 0.25) is 0 Å². The van der Waals surface area contributed by atoms with Gasteiger partial charge in [0.1, 0.15) is 11.6 Å². The van der Waals surface area contributed by atoms with E-state index in [0.717, 1.165) is 34.5 Å². The largest absolute Gasteiger partial charge is 0.391 e. The lowest BCUT2D eigenvalue weighted by atomic mass is 9.98. The molecule has 154 valence electrons. The SMILES string of the molecule is CCc1ncc(CO)c(NCc2ccc(-c3ccccc3-c3nnn[nH]3)cc2)n1.Cl. The average Bonchev–Trinajstić information content (AvgIpc) is 3.32. The van der Waals surface area contributed by atoms with Crippen LogP contribution < -0.4 is 5.32 Å². The number of nitrogens with zero attached hydrogens (tertiary/aromatic N) is 5. The third-order valence-corrected chi connectivity index (χ3v) is 4.65. The number of aliphatic hydroxyl groups excluding tert-OH is 1. The molecule has 0 aliphatic heterocycles. The predicted octanol–water partition coefficient (Wildman–Crippen LogP) is 3.41. The van der Waals surface area contributed by atoms with E-state index in [1.54, 1.807) is 6.20 Å². The van der Waals surface area contributed by atoms with Crippen LogP contribution in [-0.4, -0.2) is 35.7 Å². The van der Waals surface area contributed by atoms with Crippen molar-refractivity contribution in [1.82, 2.24) is 30.6 Å². The van der Waals surface area contributed by atoms with Gasteiger partial charge in [0.05, 0.1) is 6.61 Å². The van der Waals surface area contributed by atoms with Gasteiger partial charge in [-0.1, -0.05) is 55.5 Å². The number of hydrogen-bond acceptors (Lipinski definition) is 7. The molecule has 8 nitrogen and oxygen atoms in total. The molecule has 0 unspecified atom stereocenters. The number of aromatic amines is 1. The maximum absolute atomic E-state index is 9.51. The molecule has 3 N–H and O–H groups in total. The van der Waals surface area contributed by atoms with E-state index in [1.807, 2.05) is 31.2 Å². The number of H-pyrrole nitrogens is 1. The van der Waals surface area contributed by atoms with Gasteiger partial charge in [-0.25, -0.2) is 15.1 Å². The van der Waals surface area contributed by atoms with E-state index < -0.39 is 0 Å². The molecule has 0 saturated heterocycles. The second-order valence-corrected chi connectivity index (χ2v) is 6.52. The predicted molar refractivity (Wildman–Crippen MR) is 117 cm³/mol. The van der Waals surface area contributed by atoms with Gasteiger partial charge in [-0.2, -0.15) is 0 Å². The third kappa shape index (κ3) is 4.61. The van der Waals surface area contributed by atoms with Crippen molar-refractivity contribution in [1.29, 1.82) is 0 Å². The van der Waals surface area contributed by atoms with Crippen molar-refractivity contribution in [2.75, 3.05) is 5.32 Å². The minimum atomic E-state index is -0.0987. The maximum Gasteiger partial charge on any atom is 0.180 e. The fourth-order valence-electron chi connectivity index (χ4n) is 3.08. The van der Waals surface area contributed by atoms with Crippen LogP contribution >= 0.6 is 12.4 Å². The highest BCUT2D eigenvalue weighted by Gasteiger charge is 2.10. The summed E-state index contributed by atoms with van der Waals surface area (Å²) in [7, 11) is 0. The number of nitrogens with one attached hydrogen (secondary N) is 2. The highest BCUT2D eigenvalue weighted by Crippen LogP contribution is 2.29. The zero-order valence-electron chi connectivity index (χ0n) is 16.4. The van der Waals surface area contributed by atoms with Crippen molar-refractivity contribution in [3.8, 4) is 22.5 Å². The standard InChI is InChI=1S/C21H21N7O.ClH/c1-2-19-22-12-16(13-29)20(24-19)23-11-14-7-9-15(10-8-14)17-5-3-4-6-18(17)21-25-27-28-26-21;/h3-10,12,29H,2,11,13H2,1H3,(H,22,23,24)(H,25,26,27,28);1H. The highest BCUT2D eigenvalue weighted by atomic mass is 35.5. The second kappa shape index (κ2) is 9.91. The van der Waals surface area contributed by atoms with Gasteiger partial charge in [0.15, 0.2) is 5.82 Å². The summed E-state index contributed by atoms with van der Waals surface area (Å²) >= 11 is 0. The van der Waals surface area contributed by atoms with E-state index in [9.17, 15) is 5.11 Å². The first-order valence-electron chi connectivity index (χ1n) is 9.40. The van der Waals surface area contributed by atoms with Crippen LogP contribution in [0.4, 0.5) is 5.82 Å². The first-order chi connectivity index (χ1) is 14.3. The van der Waals surface area contributed by atoms with Crippen LogP contribution in [0.1, 0.15) is 23.9 Å². The van der Waals surface area contributed by atoms with Gasteiger partial charge in [0.25, 0.3) is 0 Å². The van der Waals surface area contributed by atoms with Gasteiger partial charge in [-0.3, -0.25) is 0 Å². The molecule has 2 aromatic carbocycles. The van der Waals surface area contributed by atoms with Gasteiger partial charge in [-0.15, -0.1) is 17.5 Å². The Morgan fingerprint density at radius 2 is 1.80 bits per heavy atom. The summed E-state index contributed by atoms with van der Waals surface area (Å²) in [6.07, 6.45) is 2.42. The lowest BCUT2D eigenvalue weighted by Gasteiger charge is -2.12. The maximum atomic E-state index is 9.51. The van der Waals surface area contributed by atoms with Gasteiger partial charge < -0.3 is 10.4 Å². The van der Waals surface area contributed by atoms with Crippen LogP contribution in [0.2, 0.25) is 0 Å². The first kappa shape index (κ1) is 21.4. The fourth-order valence-corrected chi connectivity index (χ4v) is 3.08. The highest BCUT2D eigenvalue weighted by molar-refractivity contribution is 5.85. The van der Waals surface area contributed by atoms with E-state index >= 15 is 0 Å². The van der Waals surface area contributed by atoms with Crippen molar-refractivity contribution in [2.45, 2.75) is 26.5 Å². The first-order valence-corrected chi connectivity index (χ1v) is 9.40. The van der Waals surface area contributed by atoms with E-state index in [2.05, 4.69) is 60.2 Å². The van der Waals surface area contributed by atoms with Crippen molar-refractivity contribution < 1.29 is 5.11 Å². The summed E-state index contributed by atoms with van der Waals surface area (Å²) < 4.78 is 0. The molecule has 0 fully saturated rings. The van der Waals surface area contributed by atoms with Crippen molar-refractivity contribution >= 4 is 18.2 Å². The molecule has 4 rings (SSSR count). The Balaban J connectivity index is 0.00000256. The number of anilines is 1. The molecule has 4 aromatic rings. The fraction of sp³-hybridized carbons (Fsp3) is 0.190. The Kier molecular flexibility index (Phi) is 7.05. The summed E-state index contributed by atoms with van der Waals surface area (Å²) in [4.78, 5) is 8.71. The van der Waals surface area contributed by atoms with Crippen LogP contribution in [0.5, 0.6) is 0 Å². The number of benzene rings is 2. The molecule has 0 spiro atoms. The molecule has 0 radical (unpaired) electrons. The van der Waals surface area contributed by atoms with Crippen molar-refractivity contribution in [2.24, 2.45) is 0 Å². The number of halogens is 1. The summed E-state index contributed by atoms with van der Waals surface area (Å²) in [6.45, 7) is 2.50. The molecule has 0 bridgehead atoms. The molecule has 0 saturated carbocycles. The Morgan fingerprint density at radius 1 is 1.03 bits per heavy atom. The molecule has 0 aliphatic rings. The Hall–Kier alpha value is -3.36. The Morgan fingerprint density at radius 3 is 2.47 bits per heavy atom. The lowest BCUT2D eigenvalue weighted by Crippen LogP contribution is -2.07. The van der Waals surface area contributed by atoms with Crippen LogP contribution in [-0.2, 0) is 19.6 Å². The quantitative estimate of drug-likeness (QED) is 0.417. The summed E-state index contributed by atoms with van der Waals surface area (Å²) in [5.74, 6) is 2.06. The molecular formula is C21H22ClN7O. The molecular weight excluding hydrogens is 402 g/mol. The summed E-state index contributed by atoms with van der Waals surface area (Å²) in [5, 5.41) is 27.0. The van der Waals surface area contributed by atoms with Crippen molar-refractivity contribution in [3.63, 3.8) is 0 Å².